The summed E-state index contributed by atoms with van der Waals surface area (Å²) in [5, 5.41) is 0. The molecule has 8 nitrogen and oxygen atoms in total. The van der Waals surface area contributed by atoms with Gasteiger partial charge in [-0.05, 0) is 31.0 Å². The third-order valence-corrected chi connectivity index (χ3v) is 7.81. The molecule has 3 heterocycles. The quantitative estimate of drug-likeness (QED) is 0.517. The van der Waals surface area contributed by atoms with E-state index in [-0.39, 0.29) is 21.5 Å². The first-order valence-electron chi connectivity index (χ1n) is 9.99. The molecule has 156 valence electrons. The fraction of sp³-hybridized carbons (Fsp3) is 0.381. The van der Waals surface area contributed by atoms with Crippen LogP contribution in [0.4, 0.5) is 5.95 Å². The molecule has 0 bridgehead atoms. The number of carbonyl (C=O) groups is 1. The van der Waals surface area contributed by atoms with Crippen molar-refractivity contribution in [2.75, 3.05) is 39.3 Å². The number of rotatable bonds is 6. The Bertz CT molecular complexity index is 1030. The van der Waals surface area contributed by atoms with Gasteiger partial charge in [-0.3, -0.25) is 4.79 Å². The van der Waals surface area contributed by atoms with Gasteiger partial charge in [0.25, 0.3) is 15.9 Å². The Morgan fingerprint density at radius 3 is 2.30 bits per heavy atom. The number of benzene rings is 1. The molecular weight excluding hydrogens is 402 g/mol. The molecular formula is C21H25N5O3S+2. The van der Waals surface area contributed by atoms with Crippen LogP contribution in [0.5, 0.6) is 0 Å². The zero-order valence-corrected chi connectivity index (χ0v) is 17.5. The summed E-state index contributed by atoms with van der Waals surface area (Å²) in [5.74, 6) is 0.134. The van der Waals surface area contributed by atoms with Crippen molar-refractivity contribution in [3.05, 3.63) is 62.4 Å². The van der Waals surface area contributed by atoms with Crippen molar-refractivity contribution in [3.8, 4) is 0 Å². The van der Waals surface area contributed by atoms with Crippen molar-refractivity contribution in [2.24, 2.45) is 0 Å². The Labute approximate surface area is 178 Å². The van der Waals surface area contributed by atoms with Crippen molar-refractivity contribution >= 4 is 21.9 Å². The van der Waals surface area contributed by atoms with Crippen LogP contribution >= 0.6 is 0 Å². The summed E-state index contributed by atoms with van der Waals surface area (Å²) in [5.41, 5.74) is 0.246. The van der Waals surface area contributed by atoms with Crippen LogP contribution in [0.25, 0.3) is 0 Å². The Morgan fingerprint density at radius 1 is 0.967 bits per heavy atom. The number of quaternary nitrogens is 2. The van der Waals surface area contributed by atoms with Gasteiger partial charge < -0.3 is 4.48 Å². The molecule has 1 amide bonds. The number of hydrogen-bond donors (Lipinski definition) is 0. The van der Waals surface area contributed by atoms with Crippen molar-refractivity contribution in [1.82, 2.24) is 18.8 Å². The van der Waals surface area contributed by atoms with Gasteiger partial charge in [0.05, 0.1) is 12.1 Å². The minimum atomic E-state index is -3.75. The van der Waals surface area contributed by atoms with Crippen LogP contribution in [0.3, 0.4) is 0 Å². The molecule has 9 heteroatoms. The lowest BCUT2D eigenvalue weighted by molar-refractivity contribution is -0.889. The number of fused-ring (bicyclic) bond motifs is 1. The average molecular weight is 428 g/mol. The Balaban J connectivity index is 1.30. The van der Waals surface area contributed by atoms with E-state index in [0.717, 1.165) is 4.31 Å². The maximum absolute atomic E-state index is 12.6. The Hall–Kier alpha value is -2.36. The summed E-state index contributed by atoms with van der Waals surface area (Å²) < 4.78 is 26.7. The molecule has 4 rings (SSSR count). The van der Waals surface area contributed by atoms with E-state index in [4.69, 9.17) is 14.1 Å². The van der Waals surface area contributed by atoms with Gasteiger partial charge in [-0.25, -0.2) is 17.2 Å². The van der Waals surface area contributed by atoms with Gasteiger partial charge >= 0.3 is 5.95 Å². The monoisotopic (exact) mass is 427 g/mol. The summed E-state index contributed by atoms with van der Waals surface area (Å²) in [6.45, 7) is 3.42. The van der Waals surface area contributed by atoms with E-state index in [1.165, 1.54) is 6.07 Å². The van der Waals surface area contributed by atoms with Crippen molar-refractivity contribution in [1.29, 1.82) is 0 Å². The maximum atomic E-state index is 12.6. The molecule has 0 saturated carbocycles. The molecule has 1 aromatic carbocycles. The van der Waals surface area contributed by atoms with E-state index in [1.807, 2.05) is 0 Å². The molecule has 0 unspecified atom stereocenters. The second-order valence-corrected chi connectivity index (χ2v) is 9.84. The van der Waals surface area contributed by atoms with Gasteiger partial charge in [-0.15, -0.1) is 0 Å². The molecule has 2 aromatic rings. The number of piperazine rings is 1. The predicted octanol–water partition coefficient (Wildman–Crippen LogP) is 1.58. The van der Waals surface area contributed by atoms with E-state index in [9.17, 15) is 13.2 Å². The normalized spacial score (nSPS) is 27.8. The molecule has 0 N–H and O–H groups in total. The Kier molecular flexibility index (Phi) is 5.37. The lowest BCUT2D eigenvalue weighted by Gasteiger charge is -2.43. The van der Waals surface area contributed by atoms with Crippen LogP contribution in [0, 0.1) is 14.1 Å². The van der Waals surface area contributed by atoms with E-state index < -0.39 is 15.9 Å². The van der Waals surface area contributed by atoms with E-state index in [1.54, 1.807) is 36.7 Å². The first-order chi connectivity index (χ1) is 14.3. The zero-order valence-electron chi connectivity index (χ0n) is 16.7. The number of unbranched alkanes of at least 4 members (excludes halogenated alkanes) is 1. The highest BCUT2D eigenvalue weighted by Gasteiger charge is 2.42. The number of nitrogens with zero attached hydrogens (tertiary/aromatic N) is 5. The predicted molar refractivity (Wildman–Crippen MR) is 111 cm³/mol. The number of sulfonamides is 1. The highest BCUT2D eigenvalue weighted by molar-refractivity contribution is 7.90. The van der Waals surface area contributed by atoms with Gasteiger partial charge in [0.15, 0.2) is 0 Å². The molecule has 30 heavy (non-hydrogen) atoms. The van der Waals surface area contributed by atoms with Crippen LogP contribution in [0.15, 0.2) is 47.6 Å². The molecule has 4 radical (unpaired) electrons. The standard InChI is InChI=1S/C21H25N5O3S/c1-25(14-16-26(2,17-15-25)21-22-10-7-11-23-21)13-6-5-12-24-20(27)18-8-3-4-9-19(18)30(24,28)29/h1-4,7-11H,5-6,12-17H2/q+2. The van der Waals surface area contributed by atoms with Crippen LogP contribution in [0.2, 0.25) is 0 Å². The fourth-order valence-electron chi connectivity index (χ4n) is 4.06. The first kappa shape index (κ1) is 20.9. The molecule has 1 saturated heterocycles. The second-order valence-electron chi connectivity index (χ2n) is 8.01. The SMILES string of the molecule is [CH][N+]1(CCCCN2C(=O)c3ccccc3S2(=O)=O)CC[N+]([CH])(c2ncccn2)CC1. The smallest absolute Gasteiger partial charge is 0.301 e. The number of hydrogen-bond acceptors (Lipinski definition) is 5. The average Bonchev–Trinajstić information content (AvgIpc) is 2.95. The third kappa shape index (κ3) is 3.73. The summed E-state index contributed by atoms with van der Waals surface area (Å²) in [4.78, 5) is 21.1. The van der Waals surface area contributed by atoms with Crippen molar-refractivity contribution < 1.29 is 17.7 Å². The van der Waals surface area contributed by atoms with Crippen molar-refractivity contribution in [2.45, 2.75) is 17.7 Å². The van der Waals surface area contributed by atoms with Crippen molar-refractivity contribution in [3.63, 3.8) is 0 Å². The minimum absolute atomic E-state index is 0.0912. The number of carbonyl (C=O) groups excluding carboxylic acids is 1. The summed E-state index contributed by atoms with van der Waals surface area (Å²) in [6.07, 6.45) is 4.62. The summed E-state index contributed by atoms with van der Waals surface area (Å²) in [7, 11) is 9.25. The summed E-state index contributed by atoms with van der Waals surface area (Å²) >= 11 is 0. The van der Waals surface area contributed by atoms with Gasteiger partial charge in [0, 0.05) is 18.9 Å². The molecule has 1 fully saturated rings. The van der Waals surface area contributed by atoms with E-state index in [2.05, 4.69) is 9.97 Å². The second kappa shape index (κ2) is 7.72. The van der Waals surface area contributed by atoms with Gasteiger partial charge in [-0.2, -0.15) is 9.97 Å². The highest BCUT2D eigenvalue weighted by atomic mass is 32.2. The first-order valence-corrected chi connectivity index (χ1v) is 11.4. The van der Waals surface area contributed by atoms with Crippen LogP contribution in [-0.4, -0.2) is 72.3 Å². The van der Waals surface area contributed by atoms with E-state index >= 15 is 0 Å². The highest BCUT2D eigenvalue weighted by Crippen LogP contribution is 2.30. The Morgan fingerprint density at radius 2 is 1.63 bits per heavy atom. The third-order valence-electron chi connectivity index (χ3n) is 5.97. The number of amides is 1. The van der Waals surface area contributed by atoms with E-state index in [0.29, 0.717) is 56.0 Å². The molecule has 0 atom stereocenters. The largest absolute Gasteiger partial charge is 0.329 e. The lowest BCUT2D eigenvalue weighted by atomic mass is 10.2. The van der Waals surface area contributed by atoms with Gasteiger partial charge in [0.1, 0.15) is 31.1 Å². The minimum Gasteiger partial charge on any atom is -0.301 e. The molecule has 2 aliphatic heterocycles. The molecule has 0 aliphatic carbocycles. The van der Waals surface area contributed by atoms with Crippen LogP contribution < -0.4 is 4.48 Å². The number of aromatic nitrogens is 2. The molecule has 0 spiro atoms. The topological polar surface area (TPSA) is 80.2 Å². The maximum Gasteiger partial charge on any atom is 0.329 e. The molecule has 1 aromatic heterocycles. The van der Waals surface area contributed by atoms with Gasteiger partial charge in [0.2, 0.25) is 14.1 Å². The fourth-order valence-corrected chi connectivity index (χ4v) is 5.67. The van der Waals surface area contributed by atoms with Crippen LogP contribution in [0.1, 0.15) is 23.2 Å². The zero-order chi connectivity index (χ0) is 21.4. The summed E-state index contributed by atoms with van der Waals surface area (Å²) in [6, 6.07) is 8.08. The lowest BCUT2D eigenvalue weighted by Crippen LogP contribution is -2.63. The van der Waals surface area contributed by atoms with Crippen LogP contribution in [-0.2, 0) is 10.0 Å². The van der Waals surface area contributed by atoms with Gasteiger partial charge in [-0.1, -0.05) is 12.1 Å². The molecule has 2 aliphatic rings.